The van der Waals surface area contributed by atoms with Gasteiger partial charge in [0, 0.05) is 19.3 Å². The standard InChI is InChI=1S/C17H14ClF5N2O2/c1-25(9-10-4-2-3-5-12(10)17(21,22)23)16(26)24-11-6-7-14(13(18)8-11)27-15(19)20/h2-8,15H,9H2,1H3,(H,24,26). The number of benzene rings is 2. The first-order valence-electron chi connectivity index (χ1n) is 7.49. The summed E-state index contributed by atoms with van der Waals surface area (Å²) < 4.78 is 67.6. The Hall–Kier alpha value is -2.55. The first kappa shape index (κ1) is 20.8. The molecule has 0 radical (unpaired) electrons. The first-order chi connectivity index (χ1) is 12.6. The number of rotatable bonds is 5. The summed E-state index contributed by atoms with van der Waals surface area (Å²) in [5.74, 6) is -0.267. The highest BCUT2D eigenvalue weighted by molar-refractivity contribution is 6.32. The molecule has 0 bridgehead atoms. The normalized spacial score (nSPS) is 11.4. The van der Waals surface area contributed by atoms with E-state index in [9.17, 15) is 26.7 Å². The molecule has 0 spiro atoms. The quantitative estimate of drug-likeness (QED) is 0.652. The molecular formula is C17H14ClF5N2O2. The Morgan fingerprint density at radius 3 is 2.48 bits per heavy atom. The predicted molar refractivity (Wildman–Crippen MR) is 90.0 cm³/mol. The van der Waals surface area contributed by atoms with E-state index in [1.165, 1.54) is 37.4 Å². The van der Waals surface area contributed by atoms with E-state index in [0.717, 1.165) is 17.0 Å². The van der Waals surface area contributed by atoms with E-state index < -0.39 is 24.4 Å². The molecule has 0 heterocycles. The molecule has 0 fully saturated rings. The highest BCUT2D eigenvalue weighted by Gasteiger charge is 2.33. The molecule has 10 heteroatoms. The maximum absolute atomic E-state index is 13.0. The number of anilines is 1. The van der Waals surface area contributed by atoms with Crippen molar-refractivity contribution in [3.63, 3.8) is 0 Å². The fourth-order valence-electron chi connectivity index (χ4n) is 2.25. The van der Waals surface area contributed by atoms with Crippen molar-refractivity contribution in [2.45, 2.75) is 19.3 Å². The summed E-state index contributed by atoms with van der Waals surface area (Å²) in [6, 6.07) is 7.82. The highest BCUT2D eigenvalue weighted by Crippen LogP contribution is 2.32. The Morgan fingerprint density at radius 2 is 1.89 bits per heavy atom. The third kappa shape index (κ3) is 5.72. The molecule has 0 atom stereocenters. The van der Waals surface area contributed by atoms with Crippen molar-refractivity contribution in [3.8, 4) is 5.75 Å². The van der Waals surface area contributed by atoms with Crippen LogP contribution < -0.4 is 10.1 Å². The van der Waals surface area contributed by atoms with E-state index in [2.05, 4.69) is 10.1 Å². The number of carbonyl (C=O) groups is 1. The first-order valence-corrected chi connectivity index (χ1v) is 7.87. The smallest absolute Gasteiger partial charge is 0.416 e. The lowest BCUT2D eigenvalue weighted by Crippen LogP contribution is -2.31. The Balaban J connectivity index is 2.08. The van der Waals surface area contributed by atoms with Crippen molar-refractivity contribution in [1.82, 2.24) is 4.90 Å². The van der Waals surface area contributed by atoms with Crippen LogP contribution in [0.5, 0.6) is 5.75 Å². The van der Waals surface area contributed by atoms with Gasteiger partial charge in [-0.1, -0.05) is 29.8 Å². The largest absolute Gasteiger partial charge is 0.433 e. The SMILES string of the molecule is CN(Cc1ccccc1C(F)(F)F)C(=O)Nc1ccc(OC(F)F)c(Cl)c1. The molecule has 0 saturated carbocycles. The minimum Gasteiger partial charge on any atom is -0.433 e. The molecule has 4 nitrogen and oxygen atoms in total. The summed E-state index contributed by atoms with van der Waals surface area (Å²) in [6.07, 6.45) is -4.54. The van der Waals surface area contributed by atoms with Gasteiger partial charge in [0.2, 0.25) is 0 Å². The predicted octanol–water partition coefficient (Wildman–Crippen LogP) is 5.62. The molecular weight excluding hydrogens is 395 g/mol. The zero-order valence-electron chi connectivity index (χ0n) is 13.9. The molecule has 0 unspecified atom stereocenters. The van der Waals surface area contributed by atoms with E-state index in [-0.39, 0.29) is 28.6 Å². The van der Waals surface area contributed by atoms with Crippen LogP contribution in [0, 0.1) is 0 Å². The Morgan fingerprint density at radius 1 is 1.22 bits per heavy atom. The molecule has 0 aliphatic heterocycles. The van der Waals surface area contributed by atoms with E-state index in [1.54, 1.807) is 0 Å². The highest BCUT2D eigenvalue weighted by atomic mass is 35.5. The van der Waals surface area contributed by atoms with Crippen molar-refractivity contribution >= 4 is 23.3 Å². The van der Waals surface area contributed by atoms with Gasteiger partial charge in [0.05, 0.1) is 10.6 Å². The second kappa shape index (κ2) is 8.43. The average Bonchev–Trinajstić information content (AvgIpc) is 2.56. The number of nitrogens with one attached hydrogen (secondary N) is 1. The Bertz CT molecular complexity index is 814. The van der Waals surface area contributed by atoms with Crippen LogP contribution in [0.25, 0.3) is 0 Å². The minimum atomic E-state index is -4.54. The minimum absolute atomic E-state index is 0.0682. The zero-order chi connectivity index (χ0) is 20.2. The van der Waals surface area contributed by atoms with Crippen molar-refractivity contribution in [2.75, 3.05) is 12.4 Å². The van der Waals surface area contributed by atoms with Crippen LogP contribution in [0.15, 0.2) is 42.5 Å². The third-order valence-corrected chi connectivity index (χ3v) is 3.77. The fourth-order valence-corrected chi connectivity index (χ4v) is 2.48. The van der Waals surface area contributed by atoms with Gasteiger partial charge in [0.25, 0.3) is 0 Å². The number of nitrogens with zero attached hydrogens (tertiary/aromatic N) is 1. The van der Waals surface area contributed by atoms with Crippen LogP contribution >= 0.6 is 11.6 Å². The third-order valence-electron chi connectivity index (χ3n) is 3.48. The fraction of sp³-hybridized carbons (Fsp3) is 0.235. The van der Waals surface area contributed by atoms with E-state index in [4.69, 9.17) is 11.6 Å². The molecule has 1 N–H and O–H groups in total. The Labute approximate surface area is 156 Å². The van der Waals surface area contributed by atoms with Gasteiger partial charge in [-0.25, -0.2) is 4.79 Å². The second-order valence-corrected chi connectivity index (χ2v) is 5.87. The topological polar surface area (TPSA) is 41.6 Å². The van der Waals surface area contributed by atoms with Crippen molar-refractivity contribution in [3.05, 3.63) is 58.6 Å². The summed E-state index contributed by atoms with van der Waals surface area (Å²) in [7, 11) is 1.32. The van der Waals surface area contributed by atoms with Gasteiger partial charge >= 0.3 is 18.8 Å². The van der Waals surface area contributed by atoms with Crippen LogP contribution in [0.2, 0.25) is 5.02 Å². The molecule has 2 amide bonds. The molecule has 0 aliphatic carbocycles. The summed E-state index contributed by atoms with van der Waals surface area (Å²) in [5, 5.41) is 2.27. The molecule has 0 aromatic heterocycles. The van der Waals surface area contributed by atoms with Gasteiger partial charge in [0.15, 0.2) is 0 Å². The maximum atomic E-state index is 13.0. The molecule has 2 aromatic carbocycles. The maximum Gasteiger partial charge on any atom is 0.416 e. The van der Waals surface area contributed by atoms with Crippen molar-refractivity contribution in [2.24, 2.45) is 0 Å². The summed E-state index contributed by atoms with van der Waals surface area (Å²) in [6.45, 7) is -3.34. The zero-order valence-corrected chi connectivity index (χ0v) is 14.6. The molecule has 0 saturated heterocycles. The van der Waals surface area contributed by atoms with Gasteiger partial charge in [-0.3, -0.25) is 0 Å². The van der Waals surface area contributed by atoms with Crippen LogP contribution in [-0.4, -0.2) is 24.6 Å². The van der Waals surface area contributed by atoms with E-state index in [0.29, 0.717) is 0 Å². The van der Waals surface area contributed by atoms with Gasteiger partial charge in [0.1, 0.15) is 5.75 Å². The molecule has 0 aliphatic rings. The van der Waals surface area contributed by atoms with Crippen LogP contribution in [0.4, 0.5) is 32.4 Å². The van der Waals surface area contributed by atoms with E-state index >= 15 is 0 Å². The van der Waals surface area contributed by atoms with Gasteiger partial charge < -0.3 is 15.0 Å². The number of amides is 2. The van der Waals surface area contributed by atoms with Crippen LogP contribution in [-0.2, 0) is 12.7 Å². The van der Waals surface area contributed by atoms with Crippen LogP contribution in [0.1, 0.15) is 11.1 Å². The number of carbonyl (C=O) groups excluding carboxylic acids is 1. The lowest BCUT2D eigenvalue weighted by atomic mass is 10.1. The van der Waals surface area contributed by atoms with Gasteiger partial charge in [-0.15, -0.1) is 0 Å². The Kier molecular flexibility index (Phi) is 6.48. The molecule has 2 rings (SSSR count). The number of hydrogen-bond acceptors (Lipinski definition) is 2. The van der Waals surface area contributed by atoms with Gasteiger partial charge in [-0.2, -0.15) is 22.0 Å². The van der Waals surface area contributed by atoms with Crippen molar-refractivity contribution < 1.29 is 31.5 Å². The number of urea groups is 1. The summed E-state index contributed by atoms with van der Waals surface area (Å²) in [4.78, 5) is 13.2. The van der Waals surface area contributed by atoms with Gasteiger partial charge in [-0.05, 0) is 29.8 Å². The number of halogens is 6. The summed E-state index contributed by atoms with van der Waals surface area (Å²) in [5.41, 5.74) is -0.731. The summed E-state index contributed by atoms with van der Waals surface area (Å²) >= 11 is 5.79. The second-order valence-electron chi connectivity index (χ2n) is 5.46. The number of alkyl halides is 5. The average molecular weight is 409 g/mol. The number of hydrogen-bond donors (Lipinski definition) is 1. The molecule has 2 aromatic rings. The molecule has 27 heavy (non-hydrogen) atoms. The lowest BCUT2D eigenvalue weighted by Gasteiger charge is -2.21. The van der Waals surface area contributed by atoms with Crippen LogP contribution in [0.3, 0.4) is 0 Å². The molecule has 146 valence electrons. The number of ether oxygens (including phenoxy) is 1. The lowest BCUT2D eigenvalue weighted by molar-refractivity contribution is -0.138. The monoisotopic (exact) mass is 408 g/mol. The van der Waals surface area contributed by atoms with E-state index in [1.807, 2.05) is 0 Å². The van der Waals surface area contributed by atoms with Crippen molar-refractivity contribution in [1.29, 1.82) is 0 Å².